The minimum atomic E-state index is -0.408. The molecule has 17 heavy (non-hydrogen) atoms. The van der Waals surface area contributed by atoms with Gasteiger partial charge in [0.05, 0.1) is 0 Å². The number of hydrogen-bond donors (Lipinski definition) is 3. The van der Waals surface area contributed by atoms with Gasteiger partial charge in [-0.05, 0) is 30.5 Å². The summed E-state index contributed by atoms with van der Waals surface area (Å²) in [6.07, 6.45) is 1.71. The van der Waals surface area contributed by atoms with Crippen molar-refractivity contribution in [3.05, 3.63) is 35.4 Å². The molecule has 1 aromatic rings. The normalized spacial score (nSPS) is 12.4. The Balaban J connectivity index is 2.56. The van der Waals surface area contributed by atoms with Crippen LogP contribution in [-0.4, -0.2) is 23.7 Å². The number of rotatable bonds is 7. The van der Waals surface area contributed by atoms with Crippen LogP contribution in [-0.2, 0) is 6.54 Å². The number of carbonyl (C=O) groups is 1. The molecule has 1 amide bonds. The molecule has 4 N–H and O–H groups in total. The molecule has 0 aliphatic carbocycles. The average molecular weight is 236 g/mol. The Kier molecular flexibility index (Phi) is 5.66. The lowest BCUT2D eigenvalue weighted by Crippen LogP contribution is -2.28. The Hall–Kier alpha value is -1.39. The highest BCUT2D eigenvalue weighted by atomic mass is 16.3. The monoisotopic (exact) mass is 236 g/mol. The van der Waals surface area contributed by atoms with Crippen molar-refractivity contribution in [1.82, 2.24) is 5.32 Å². The number of aliphatic hydroxyl groups excluding tert-OH is 1. The zero-order valence-corrected chi connectivity index (χ0v) is 10.1. The van der Waals surface area contributed by atoms with Gasteiger partial charge in [0.25, 0.3) is 0 Å². The van der Waals surface area contributed by atoms with Crippen molar-refractivity contribution in [2.45, 2.75) is 32.4 Å². The highest BCUT2D eigenvalue weighted by Crippen LogP contribution is 2.06. The zero-order valence-electron chi connectivity index (χ0n) is 10.1. The number of carbonyl (C=O) groups excluding carboxylic acids is 1. The molecule has 0 fully saturated rings. The number of benzene rings is 1. The summed E-state index contributed by atoms with van der Waals surface area (Å²) >= 11 is 0. The lowest BCUT2D eigenvalue weighted by Gasteiger charge is -2.15. The molecule has 0 aliphatic heterocycles. The fraction of sp³-hybridized carbons (Fsp3) is 0.462. The minimum Gasteiger partial charge on any atom is -0.396 e. The Morgan fingerprint density at radius 1 is 1.53 bits per heavy atom. The fourth-order valence-electron chi connectivity index (χ4n) is 1.70. The lowest BCUT2D eigenvalue weighted by molar-refractivity contribution is 0.1000. The molecular weight excluding hydrogens is 216 g/mol. The first kappa shape index (κ1) is 13.7. The molecule has 4 nitrogen and oxygen atoms in total. The maximum atomic E-state index is 11.0. The van der Waals surface area contributed by atoms with Crippen LogP contribution in [0.4, 0.5) is 0 Å². The second kappa shape index (κ2) is 7.04. The van der Waals surface area contributed by atoms with E-state index in [1.54, 1.807) is 12.1 Å². The van der Waals surface area contributed by atoms with Crippen LogP contribution in [0.5, 0.6) is 0 Å². The van der Waals surface area contributed by atoms with E-state index in [9.17, 15) is 4.79 Å². The van der Waals surface area contributed by atoms with Crippen LogP contribution in [0.15, 0.2) is 24.3 Å². The van der Waals surface area contributed by atoms with Crippen molar-refractivity contribution in [2.24, 2.45) is 5.73 Å². The molecule has 0 bridgehead atoms. The third kappa shape index (κ3) is 4.54. The van der Waals surface area contributed by atoms with Gasteiger partial charge >= 0.3 is 0 Å². The summed E-state index contributed by atoms with van der Waals surface area (Å²) in [5.74, 6) is -0.408. The SMILES string of the molecule is CCC(CCO)NCc1cccc(C(N)=O)c1. The van der Waals surface area contributed by atoms with Crippen LogP contribution in [0.2, 0.25) is 0 Å². The molecule has 1 unspecified atom stereocenters. The molecule has 0 heterocycles. The van der Waals surface area contributed by atoms with Crippen molar-refractivity contribution in [3.63, 3.8) is 0 Å². The van der Waals surface area contributed by atoms with Crippen molar-refractivity contribution >= 4 is 5.91 Å². The summed E-state index contributed by atoms with van der Waals surface area (Å²) in [5.41, 5.74) is 6.77. The molecule has 94 valence electrons. The van der Waals surface area contributed by atoms with Crippen LogP contribution in [0.1, 0.15) is 35.7 Å². The Labute approximate surface area is 102 Å². The van der Waals surface area contributed by atoms with Crippen LogP contribution in [0, 0.1) is 0 Å². The van der Waals surface area contributed by atoms with Crippen LogP contribution >= 0.6 is 0 Å². The predicted molar refractivity (Wildman–Crippen MR) is 67.6 cm³/mol. The molecular formula is C13H20N2O2. The summed E-state index contributed by atoms with van der Waals surface area (Å²) in [6.45, 7) is 2.94. The maximum absolute atomic E-state index is 11.0. The van der Waals surface area contributed by atoms with E-state index in [0.29, 0.717) is 18.2 Å². The minimum absolute atomic E-state index is 0.187. The first-order valence-corrected chi connectivity index (χ1v) is 5.90. The molecule has 0 radical (unpaired) electrons. The highest BCUT2D eigenvalue weighted by Gasteiger charge is 2.05. The molecule has 1 aromatic carbocycles. The summed E-state index contributed by atoms with van der Waals surface area (Å²) in [5, 5.41) is 12.2. The first-order valence-electron chi connectivity index (χ1n) is 5.90. The Morgan fingerprint density at radius 3 is 2.88 bits per heavy atom. The van der Waals surface area contributed by atoms with E-state index in [2.05, 4.69) is 12.2 Å². The molecule has 0 spiro atoms. The molecule has 0 aromatic heterocycles. The largest absolute Gasteiger partial charge is 0.396 e. The summed E-state index contributed by atoms with van der Waals surface area (Å²) < 4.78 is 0. The van der Waals surface area contributed by atoms with Gasteiger partial charge in [-0.15, -0.1) is 0 Å². The molecule has 1 atom stereocenters. The van der Waals surface area contributed by atoms with E-state index >= 15 is 0 Å². The topological polar surface area (TPSA) is 75.3 Å². The average Bonchev–Trinajstić information content (AvgIpc) is 2.34. The third-order valence-corrected chi connectivity index (χ3v) is 2.78. The standard InChI is InChI=1S/C13H20N2O2/c1-2-12(6-7-16)15-9-10-4-3-5-11(8-10)13(14)17/h3-5,8,12,15-16H,2,6-7,9H2,1H3,(H2,14,17). The summed E-state index contributed by atoms with van der Waals surface area (Å²) in [7, 11) is 0. The van der Waals surface area contributed by atoms with Gasteiger partial charge in [-0.3, -0.25) is 4.79 Å². The number of nitrogens with two attached hydrogens (primary N) is 1. The lowest BCUT2D eigenvalue weighted by atomic mass is 10.1. The Morgan fingerprint density at radius 2 is 2.29 bits per heavy atom. The second-order valence-electron chi connectivity index (χ2n) is 4.06. The number of amides is 1. The molecule has 4 heteroatoms. The van der Waals surface area contributed by atoms with E-state index in [4.69, 9.17) is 10.8 Å². The zero-order chi connectivity index (χ0) is 12.7. The van der Waals surface area contributed by atoms with E-state index < -0.39 is 5.91 Å². The summed E-state index contributed by atoms with van der Waals surface area (Å²) in [4.78, 5) is 11.0. The van der Waals surface area contributed by atoms with Gasteiger partial charge in [-0.1, -0.05) is 19.1 Å². The number of nitrogens with one attached hydrogen (secondary N) is 1. The predicted octanol–water partition coefficient (Wildman–Crippen LogP) is 1.04. The molecule has 0 saturated carbocycles. The molecule has 0 saturated heterocycles. The number of primary amides is 1. The van der Waals surface area contributed by atoms with Crippen LogP contribution in [0.3, 0.4) is 0 Å². The van der Waals surface area contributed by atoms with Crippen molar-refractivity contribution < 1.29 is 9.90 Å². The van der Waals surface area contributed by atoms with Gasteiger partial charge in [0.1, 0.15) is 0 Å². The maximum Gasteiger partial charge on any atom is 0.248 e. The first-order chi connectivity index (χ1) is 8.17. The third-order valence-electron chi connectivity index (χ3n) is 2.78. The fourth-order valence-corrected chi connectivity index (χ4v) is 1.70. The number of hydrogen-bond acceptors (Lipinski definition) is 3. The van der Waals surface area contributed by atoms with Gasteiger partial charge in [0.2, 0.25) is 5.91 Å². The van der Waals surface area contributed by atoms with Crippen LogP contribution in [0.25, 0.3) is 0 Å². The van der Waals surface area contributed by atoms with Gasteiger partial charge in [0, 0.05) is 24.8 Å². The van der Waals surface area contributed by atoms with Crippen molar-refractivity contribution in [2.75, 3.05) is 6.61 Å². The van der Waals surface area contributed by atoms with Gasteiger partial charge in [0.15, 0.2) is 0 Å². The van der Waals surface area contributed by atoms with Crippen molar-refractivity contribution in [3.8, 4) is 0 Å². The van der Waals surface area contributed by atoms with E-state index in [1.165, 1.54) is 0 Å². The number of aliphatic hydroxyl groups is 1. The van der Waals surface area contributed by atoms with Crippen LogP contribution < -0.4 is 11.1 Å². The van der Waals surface area contributed by atoms with E-state index in [0.717, 1.165) is 18.4 Å². The van der Waals surface area contributed by atoms with Crippen molar-refractivity contribution in [1.29, 1.82) is 0 Å². The quantitative estimate of drug-likeness (QED) is 0.662. The Bertz CT molecular complexity index is 366. The second-order valence-corrected chi connectivity index (χ2v) is 4.06. The highest BCUT2D eigenvalue weighted by molar-refractivity contribution is 5.92. The van der Waals surface area contributed by atoms with E-state index in [1.807, 2.05) is 12.1 Å². The molecule has 0 aliphatic rings. The van der Waals surface area contributed by atoms with Gasteiger partial charge in [-0.25, -0.2) is 0 Å². The summed E-state index contributed by atoms with van der Waals surface area (Å²) in [6, 6.07) is 7.57. The van der Waals surface area contributed by atoms with Gasteiger partial charge in [-0.2, -0.15) is 0 Å². The smallest absolute Gasteiger partial charge is 0.248 e. The van der Waals surface area contributed by atoms with E-state index in [-0.39, 0.29) is 6.61 Å². The van der Waals surface area contributed by atoms with Gasteiger partial charge < -0.3 is 16.2 Å². The molecule has 1 rings (SSSR count).